The Bertz CT molecular complexity index is 617. The number of benzene rings is 1. The maximum atomic E-state index is 9.78. The lowest BCUT2D eigenvalue weighted by Crippen LogP contribution is -2.14. The normalized spacial score (nSPS) is 11.7. The average molecular weight is 253 g/mol. The first kappa shape index (κ1) is 13.1. The molecule has 1 aromatic heterocycles. The summed E-state index contributed by atoms with van der Waals surface area (Å²) in [5.41, 5.74) is 2.21. The van der Waals surface area contributed by atoms with Crippen LogP contribution in [0.5, 0.6) is 0 Å². The Hall–Kier alpha value is -2.38. The van der Waals surface area contributed by atoms with Gasteiger partial charge < -0.3 is 10.0 Å². The second-order valence-corrected chi connectivity index (χ2v) is 4.31. The van der Waals surface area contributed by atoms with Gasteiger partial charge in [-0.25, -0.2) is 4.98 Å². The first-order chi connectivity index (χ1) is 9.13. The minimum absolute atomic E-state index is 0.592. The van der Waals surface area contributed by atoms with Crippen LogP contribution in [0.25, 0.3) is 0 Å². The summed E-state index contributed by atoms with van der Waals surface area (Å²) in [6.07, 6.45) is 1.09. The Kier molecular flexibility index (Phi) is 3.79. The number of anilines is 2. The van der Waals surface area contributed by atoms with Crippen LogP contribution >= 0.6 is 0 Å². The fraction of sp³-hybridized carbons (Fsp3) is 0.200. The zero-order valence-corrected chi connectivity index (χ0v) is 10.9. The van der Waals surface area contributed by atoms with Crippen molar-refractivity contribution in [3.63, 3.8) is 0 Å². The number of hydrogen-bond acceptors (Lipinski definition) is 4. The molecule has 1 N–H and O–H groups in total. The summed E-state index contributed by atoms with van der Waals surface area (Å²) in [5, 5.41) is 18.7. The topological polar surface area (TPSA) is 60.2 Å². The van der Waals surface area contributed by atoms with Crippen molar-refractivity contribution in [3.05, 3.63) is 53.7 Å². The zero-order valence-electron chi connectivity index (χ0n) is 10.9. The van der Waals surface area contributed by atoms with Gasteiger partial charge in [0.25, 0.3) is 0 Å². The van der Waals surface area contributed by atoms with Crippen molar-refractivity contribution in [2.75, 3.05) is 11.9 Å². The van der Waals surface area contributed by atoms with Crippen LogP contribution in [0, 0.1) is 11.3 Å². The lowest BCUT2D eigenvalue weighted by atomic mass is 10.1. The molecule has 0 bridgehead atoms. The van der Waals surface area contributed by atoms with Gasteiger partial charge in [-0.05, 0) is 31.2 Å². The molecule has 2 aromatic rings. The van der Waals surface area contributed by atoms with Crippen LogP contribution in [0.4, 0.5) is 11.5 Å². The Morgan fingerprint density at radius 1 is 1.32 bits per heavy atom. The van der Waals surface area contributed by atoms with E-state index in [0.717, 1.165) is 11.3 Å². The first-order valence-corrected chi connectivity index (χ1v) is 6.00. The van der Waals surface area contributed by atoms with E-state index in [1.54, 1.807) is 31.3 Å². The van der Waals surface area contributed by atoms with E-state index in [9.17, 15) is 5.11 Å². The van der Waals surface area contributed by atoms with E-state index in [4.69, 9.17) is 5.26 Å². The van der Waals surface area contributed by atoms with Crippen molar-refractivity contribution in [1.29, 1.82) is 5.26 Å². The third-order valence-corrected chi connectivity index (χ3v) is 2.95. The van der Waals surface area contributed by atoms with Crippen molar-refractivity contribution in [2.24, 2.45) is 0 Å². The summed E-state index contributed by atoms with van der Waals surface area (Å²) in [7, 11) is 1.87. The summed E-state index contributed by atoms with van der Waals surface area (Å²) < 4.78 is 0. The van der Waals surface area contributed by atoms with Crippen LogP contribution in [-0.2, 0) is 0 Å². The second-order valence-electron chi connectivity index (χ2n) is 4.31. The highest BCUT2D eigenvalue weighted by molar-refractivity contribution is 5.63. The number of aliphatic hydroxyl groups excluding tert-OH is 1. The highest BCUT2D eigenvalue weighted by Gasteiger charge is 2.14. The van der Waals surface area contributed by atoms with Crippen molar-refractivity contribution in [2.45, 2.75) is 13.0 Å². The Labute approximate surface area is 112 Å². The molecule has 1 heterocycles. The quantitative estimate of drug-likeness (QED) is 0.913. The Morgan fingerprint density at radius 2 is 2.11 bits per heavy atom. The molecule has 0 aliphatic rings. The minimum Gasteiger partial charge on any atom is -0.389 e. The molecular formula is C15H15N3O. The molecule has 1 atom stereocenters. The molecule has 4 heteroatoms. The fourth-order valence-electron chi connectivity index (χ4n) is 1.92. The van der Waals surface area contributed by atoms with Crippen LogP contribution in [0.1, 0.15) is 24.2 Å². The van der Waals surface area contributed by atoms with Crippen LogP contribution in [0.15, 0.2) is 42.6 Å². The maximum Gasteiger partial charge on any atom is 0.138 e. The molecule has 0 amide bonds. The SMILES string of the molecule is C[C@@H](O)c1cccnc1N(C)c1cccc(C#N)c1. The van der Waals surface area contributed by atoms with E-state index < -0.39 is 6.10 Å². The number of rotatable bonds is 3. The first-order valence-electron chi connectivity index (χ1n) is 6.00. The largest absolute Gasteiger partial charge is 0.389 e. The van der Waals surface area contributed by atoms with Gasteiger partial charge in [-0.1, -0.05) is 12.1 Å². The molecule has 4 nitrogen and oxygen atoms in total. The van der Waals surface area contributed by atoms with Gasteiger partial charge in [0.2, 0.25) is 0 Å². The van der Waals surface area contributed by atoms with Gasteiger partial charge in [0, 0.05) is 24.5 Å². The highest BCUT2D eigenvalue weighted by Crippen LogP contribution is 2.28. The maximum absolute atomic E-state index is 9.78. The predicted molar refractivity (Wildman–Crippen MR) is 74.1 cm³/mol. The minimum atomic E-state index is -0.592. The number of aromatic nitrogens is 1. The van der Waals surface area contributed by atoms with Crippen molar-refractivity contribution in [1.82, 2.24) is 4.98 Å². The van der Waals surface area contributed by atoms with Crippen molar-refractivity contribution >= 4 is 11.5 Å². The standard InChI is InChI=1S/C15H15N3O/c1-11(19)14-7-4-8-17-15(14)18(2)13-6-3-5-12(9-13)10-16/h3-9,11,19H,1-2H3/t11-/m1/s1. The summed E-state index contributed by atoms with van der Waals surface area (Å²) in [5.74, 6) is 0.688. The molecule has 0 fully saturated rings. The molecule has 1 aromatic carbocycles. The molecule has 0 saturated heterocycles. The van der Waals surface area contributed by atoms with Gasteiger partial charge in [-0.2, -0.15) is 5.26 Å². The summed E-state index contributed by atoms with van der Waals surface area (Å²) >= 11 is 0. The van der Waals surface area contributed by atoms with E-state index in [1.165, 1.54) is 0 Å². The molecular weight excluding hydrogens is 238 g/mol. The highest BCUT2D eigenvalue weighted by atomic mass is 16.3. The van der Waals surface area contributed by atoms with E-state index in [2.05, 4.69) is 11.1 Å². The van der Waals surface area contributed by atoms with Gasteiger partial charge in [0.05, 0.1) is 17.7 Å². The number of pyridine rings is 1. The lowest BCUT2D eigenvalue weighted by Gasteiger charge is -2.22. The van der Waals surface area contributed by atoms with Gasteiger partial charge >= 0.3 is 0 Å². The van der Waals surface area contributed by atoms with E-state index in [-0.39, 0.29) is 0 Å². The van der Waals surface area contributed by atoms with Gasteiger partial charge in [0.15, 0.2) is 0 Å². The smallest absolute Gasteiger partial charge is 0.138 e. The molecule has 0 aliphatic carbocycles. The van der Waals surface area contributed by atoms with Gasteiger partial charge in [-0.3, -0.25) is 0 Å². The summed E-state index contributed by atoms with van der Waals surface area (Å²) in [6, 6.07) is 13.0. The molecule has 0 spiro atoms. The lowest BCUT2D eigenvalue weighted by molar-refractivity contribution is 0.199. The van der Waals surface area contributed by atoms with E-state index in [0.29, 0.717) is 11.4 Å². The molecule has 19 heavy (non-hydrogen) atoms. The average Bonchev–Trinajstić information content (AvgIpc) is 2.46. The zero-order chi connectivity index (χ0) is 13.8. The summed E-state index contributed by atoms with van der Waals surface area (Å²) in [4.78, 5) is 6.18. The molecule has 2 rings (SSSR count). The van der Waals surface area contributed by atoms with Gasteiger partial charge in [-0.15, -0.1) is 0 Å². The monoisotopic (exact) mass is 253 g/mol. The molecule has 96 valence electrons. The molecule has 0 unspecified atom stereocenters. The summed E-state index contributed by atoms with van der Waals surface area (Å²) in [6.45, 7) is 1.71. The number of nitrogens with zero attached hydrogens (tertiary/aromatic N) is 3. The van der Waals surface area contributed by atoms with Gasteiger partial charge in [0.1, 0.15) is 5.82 Å². The third kappa shape index (κ3) is 2.72. The number of aliphatic hydroxyl groups is 1. The van der Waals surface area contributed by atoms with Crippen LogP contribution < -0.4 is 4.90 Å². The van der Waals surface area contributed by atoms with Crippen LogP contribution in [0.3, 0.4) is 0 Å². The Morgan fingerprint density at radius 3 is 2.79 bits per heavy atom. The molecule has 0 radical (unpaired) electrons. The second kappa shape index (κ2) is 5.51. The number of hydrogen-bond donors (Lipinski definition) is 1. The predicted octanol–water partition coefficient (Wildman–Crippen LogP) is 2.77. The molecule has 0 saturated carbocycles. The van der Waals surface area contributed by atoms with Crippen molar-refractivity contribution in [3.8, 4) is 6.07 Å². The Balaban J connectivity index is 2.44. The third-order valence-electron chi connectivity index (χ3n) is 2.95. The fourth-order valence-corrected chi connectivity index (χ4v) is 1.92. The molecule has 0 aliphatic heterocycles. The van der Waals surface area contributed by atoms with Crippen LogP contribution in [-0.4, -0.2) is 17.1 Å². The van der Waals surface area contributed by atoms with Crippen molar-refractivity contribution < 1.29 is 5.11 Å². The van der Waals surface area contributed by atoms with E-state index in [1.807, 2.05) is 30.1 Å². The number of nitriles is 1. The van der Waals surface area contributed by atoms with E-state index >= 15 is 0 Å². The van der Waals surface area contributed by atoms with Crippen LogP contribution in [0.2, 0.25) is 0 Å².